The molecule has 3 heteroatoms. The average Bonchev–Trinajstić information content (AvgIpc) is 2.36. The lowest BCUT2D eigenvalue weighted by molar-refractivity contribution is 0.300. The molecule has 0 aromatic heterocycles. The van der Waals surface area contributed by atoms with Crippen molar-refractivity contribution in [2.24, 2.45) is 17.1 Å². The van der Waals surface area contributed by atoms with E-state index in [0.717, 1.165) is 25.3 Å². The number of nitrogens with two attached hydrogens (primary N) is 1. The Morgan fingerprint density at radius 3 is 2.21 bits per heavy atom. The van der Waals surface area contributed by atoms with Crippen LogP contribution in [0.25, 0.3) is 0 Å². The lowest BCUT2D eigenvalue weighted by Gasteiger charge is -2.29. The first kappa shape index (κ1) is 15.8. The molecule has 0 amide bonds. The highest BCUT2D eigenvalue weighted by Crippen LogP contribution is 2.26. The van der Waals surface area contributed by atoms with Gasteiger partial charge in [-0.2, -0.15) is 0 Å². The molecule has 1 rings (SSSR count). The second kappa shape index (κ2) is 6.80. The van der Waals surface area contributed by atoms with Crippen LogP contribution in [-0.2, 0) is 0 Å². The average molecular weight is 264 g/mol. The highest BCUT2D eigenvalue weighted by atomic mass is 16.5. The summed E-state index contributed by atoms with van der Waals surface area (Å²) in [7, 11) is 3.81. The molecule has 108 valence electrons. The minimum absolute atomic E-state index is 0.324. The summed E-state index contributed by atoms with van der Waals surface area (Å²) in [6.45, 7) is 8.52. The number of nitrogens with zero attached hydrogens (tertiary/aromatic N) is 1. The number of hydrogen-bond donors (Lipinski definition) is 1. The molecule has 0 spiro atoms. The molecular formula is C16H28N2O. The van der Waals surface area contributed by atoms with Crippen LogP contribution in [0.5, 0.6) is 5.75 Å². The molecular weight excluding hydrogens is 236 g/mol. The lowest BCUT2D eigenvalue weighted by atomic mass is 9.84. The molecule has 0 radical (unpaired) electrons. The van der Waals surface area contributed by atoms with E-state index in [1.54, 1.807) is 7.11 Å². The zero-order valence-electron chi connectivity index (χ0n) is 12.9. The summed E-state index contributed by atoms with van der Waals surface area (Å²) >= 11 is 0. The molecule has 0 aliphatic rings. The van der Waals surface area contributed by atoms with Crippen LogP contribution in [0, 0.1) is 11.3 Å². The minimum Gasteiger partial charge on any atom is -0.497 e. The van der Waals surface area contributed by atoms with Gasteiger partial charge in [-0.25, -0.2) is 0 Å². The summed E-state index contributed by atoms with van der Waals surface area (Å²) in [5.41, 5.74) is 7.43. The third kappa shape index (κ3) is 5.52. The van der Waals surface area contributed by atoms with E-state index in [1.807, 2.05) is 12.1 Å². The Labute approximate surface area is 117 Å². The van der Waals surface area contributed by atoms with E-state index in [9.17, 15) is 0 Å². The van der Waals surface area contributed by atoms with E-state index in [1.165, 1.54) is 5.69 Å². The first-order valence-electron chi connectivity index (χ1n) is 6.91. The Bertz CT molecular complexity index is 367. The number of ether oxygens (including phenoxy) is 1. The Kier molecular flexibility index (Phi) is 5.67. The summed E-state index contributed by atoms with van der Waals surface area (Å²) in [4.78, 5) is 2.27. The molecule has 1 unspecified atom stereocenters. The van der Waals surface area contributed by atoms with Crippen molar-refractivity contribution in [3.05, 3.63) is 24.3 Å². The summed E-state index contributed by atoms with van der Waals surface area (Å²) < 4.78 is 5.18. The van der Waals surface area contributed by atoms with Gasteiger partial charge in [0.2, 0.25) is 0 Å². The Hall–Kier alpha value is -1.22. The monoisotopic (exact) mass is 264 g/mol. The topological polar surface area (TPSA) is 38.5 Å². The molecule has 1 aromatic rings. The van der Waals surface area contributed by atoms with Crippen LogP contribution in [0.15, 0.2) is 24.3 Å². The maximum atomic E-state index is 5.91. The van der Waals surface area contributed by atoms with Crippen LogP contribution in [0.1, 0.15) is 27.2 Å². The van der Waals surface area contributed by atoms with Gasteiger partial charge in [0.1, 0.15) is 5.75 Å². The van der Waals surface area contributed by atoms with Crippen LogP contribution in [0.2, 0.25) is 0 Å². The molecule has 0 bridgehead atoms. The predicted octanol–water partition coefficient (Wildman–Crippen LogP) is 3.14. The largest absolute Gasteiger partial charge is 0.497 e. The minimum atomic E-state index is 0.324. The van der Waals surface area contributed by atoms with Crippen LogP contribution >= 0.6 is 0 Å². The maximum absolute atomic E-state index is 5.91. The Morgan fingerprint density at radius 2 is 1.79 bits per heavy atom. The molecule has 0 saturated heterocycles. The smallest absolute Gasteiger partial charge is 0.119 e. The van der Waals surface area contributed by atoms with E-state index in [2.05, 4.69) is 44.9 Å². The van der Waals surface area contributed by atoms with E-state index in [-0.39, 0.29) is 0 Å². The van der Waals surface area contributed by atoms with Crippen LogP contribution in [-0.4, -0.2) is 27.2 Å². The number of benzene rings is 1. The second-order valence-corrected chi connectivity index (χ2v) is 6.45. The number of rotatable bonds is 6. The van der Waals surface area contributed by atoms with Gasteiger partial charge < -0.3 is 15.4 Å². The molecule has 19 heavy (non-hydrogen) atoms. The number of methoxy groups -OCH3 is 1. The van der Waals surface area contributed by atoms with Crippen LogP contribution in [0.3, 0.4) is 0 Å². The first-order valence-corrected chi connectivity index (χ1v) is 6.91. The van der Waals surface area contributed by atoms with Gasteiger partial charge in [-0.05, 0) is 48.6 Å². The fraction of sp³-hybridized carbons (Fsp3) is 0.625. The Balaban J connectivity index is 2.63. The van der Waals surface area contributed by atoms with Gasteiger partial charge in [-0.3, -0.25) is 0 Å². The number of hydrogen-bond acceptors (Lipinski definition) is 3. The third-order valence-electron chi connectivity index (χ3n) is 3.28. The molecule has 0 fully saturated rings. The molecule has 0 saturated carbocycles. The van der Waals surface area contributed by atoms with Crippen molar-refractivity contribution in [3.8, 4) is 5.75 Å². The summed E-state index contributed by atoms with van der Waals surface area (Å²) in [6, 6.07) is 8.16. The zero-order chi connectivity index (χ0) is 14.5. The molecule has 1 aromatic carbocycles. The zero-order valence-corrected chi connectivity index (χ0v) is 12.9. The molecule has 0 aliphatic heterocycles. The van der Waals surface area contributed by atoms with Gasteiger partial charge in [-0.1, -0.05) is 20.8 Å². The van der Waals surface area contributed by atoms with Crippen LogP contribution < -0.4 is 15.4 Å². The van der Waals surface area contributed by atoms with Gasteiger partial charge in [0.15, 0.2) is 0 Å². The molecule has 0 aliphatic carbocycles. The van der Waals surface area contributed by atoms with Crippen LogP contribution in [0.4, 0.5) is 5.69 Å². The van der Waals surface area contributed by atoms with Gasteiger partial charge >= 0.3 is 0 Å². The fourth-order valence-corrected chi connectivity index (χ4v) is 2.42. The van der Waals surface area contributed by atoms with Crippen molar-refractivity contribution in [3.63, 3.8) is 0 Å². The van der Waals surface area contributed by atoms with Crippen molar-refractivity contribution in [2.75, 3.05) is 32.1 Å². The SMILES string of the molecule is COc1ccc(N(C)CC(CN)CC(C)(C)C)cc1. The molecule has 0 heterocycles. The van der Waals surface area contributed by atoms with E-state index < -0.39 is 0 Å². The van der Waals surface area contributed by atoms with Gasteiger partial charge in [-0.15, -0.1) is 0 Å². The fourth-order valence-electron chi connectivity index (χ4n) is 2.42. The van der Waals surface area contributed by atoms with Gasteiger partial charge in [0.25, 0.3) is 0 Å². The standard InChI is InChI=1S/C16H28N2O/c1-16(2,3)10-13(11-17)12-18(4)14-6-8-15(19-5)9-7-14/h6-9,13H,10-12,17H2,1-5H3. The highest BCUT2D eigenvalue weighted by molar-refractivity contribution is 5.48. The van der Waals surface area contributed by atoms with Crippen molar-refractivity contribution < 1.29 is 4.74 Å². The Morgan fingerprint density at radius 1 is 1.21 bits per heavy atom. The molecule has 1 atom stereocenters. The normalized spacial score (nSPS) is 13.2. The van der Waals surface area contributed by atoms with E-state index in [0.29, 0.717) is 11.3 Å². The summed E-state index contributed by atoms with van der Waals surface area (Å²) in [5.74, 6) is 1.41. The van der Waals surface area contributed by atoms with Crippen molar-refractivity contribution in [2.45, 2.75) is 27.2 Å². The number of anilines is 1. The van der Waals surface area contributed by atoms with E-state index >= 15 is 0 Å². The van der Waals surface area contributed by atoms with Gasteiger partial charge in [0, 0.05) is 19.3 Å². The lowest BCUT2D eigenvalue weighted by Crippen LogP contribution is -2.32. The molecule has 2 N–H and O–H groups in total. The summed E-state index contributed by atoms with van der Waals surface area (Å²) in [5, 5.41) is 0. The van der Waals surface area contributed by atoms with Crippen molar-refractivity contribution in [1.82, 2.24) is 0 Å². The maximum Gasteiger partial charge on any atom is 0.119 e. The van der Waals surface area contributed by atoms with Crippen molar-refractivity contribution in [1.29, 1.82) is 0 Å². The first-order chi connectivity index (χ1) is 8.85. The van der Waals surface area contributed by atoms with Crippen molar-refractivity contribution >= 4 is 5.69 Å². The third-order valence-corrected chi connectivity index (χ3v) is 3.28. The molecule has 3 nitrogen and oxygen atoms in total. The van der Waals surface area contributed by atoms with Gasteiger partial charge in [0.05, 0.1) is 7.11 Å². The second-order valence-electron chi connectivity index (χ2n) is 6.45. The summed E-state index contributed by atoms with van der Waals surface area (Å²) in [6.07, 6.45) is 1.14. The quantitative estimate of drug-likeness (QED) is 0.858. The predicted molar refractivity (Wildman–Crippen MR) is 82.9 cm³/mol. The highest BCUT2D eigenvalue weighted by Gasteiger charge is 2.19. The van der Waals surface area contributed by atoms with E-state index in [4.69, 9.17) is 10.5 Å².